The van der Waals surface area contributed by atoms with Gasteiger partial charge in [-0.3, -0.25) is 4.79 Å². The van der Waals surface area contributed by atoms with Crippen molar-refractivity contribution in [2.24, 2.45) is 0 Å². The minimum Gasteiger partial charge on any atom is -0.493 e. The third-order valence-electron chi connectivity index (χ3n) is 3.34. The molecule has 1 atom stereocenters. The normalized spacial score (nSPS) is 12.0. The van der Waals surface area contributed by atoms with Crippen molar-refractivity contribution >= 4 is 5.91 Å². The Kier molecular flexibility index (Phi) is 8.16. The summed E-state index contributed by atoms with van der Waals surface area (Å²) in [6, 6.07) is 7.29. The number of methoxy groups -OCH3 is 3. The van der Waals surface area contributed by atoms with Crippen LogP contribution < -0.4 is 20.1 Å². The van der Waals surface area contributed by atoms with Gasteiger partial charge >= 0.3 is 0 Å². The molecular formula is C17H23N3O4. The van der Waals surface area contributed by atoms with E-state index in [2.05, 4.69) is 10.6 Å². The molecule has 0 fully saturated rings. The van der Waals surface area contributed by atoms with E-state index in [1.54, 1.807) is 27.4 Å². The van der Waals surface area contributed by atoms with Crippen LogP contribution in [0.15, 0.2) is 30.0 Å². The minimum atomic E-state index is -0.443. The van der Waals surface area contributed by atoms with Crippen LogP contribution in [-0.2, 0) is 9.53 Å². The van der Waals surface area contributed by atoms with Gasteiger partial charge in [0.25, 0.3) is 5.91 Å². The molecule has 2 N–H and O–H groups in total. The molecule has 1 amide bonds. The van der Waals surface area contributed by atoms with E-state index in [9.17, 15) is 4.79 Å². The summed E-state index contributed by atoms with van der Waals surface area (Å²) < 4.78 is 15.3. The van der Waals surface area contributed by atoms with E-state index < -0.39 is 5.91 Å². The first-order valence-corrected chi connectivity index (χ1v) is 7.42. The molecule has 1 rings (SSSR count). The molecule has 1 aromatic carbocycles. The van der Waals surface area contributed by atoms with Crippen molar-refractivity contribution in [3.63, 3.8) is 0 Å². The maximum absolute atomic E-state index is 11.8. The summed E-state index contributed by atoms with van der Waals surface area (Å²) >= 11 is 0. The molecule has 1 aromatic rings. The Labute approximate surface area is 142 Å². The number of amides is 1. The van der Waals surface area contributed by atoms with Crippen LogP contribution in [-0.4, -0.2) is 40.4 Å². The summed E-state index contributed by atoms with van der Waals surface area (Å²) in [7, 11) is 4.68. The molecule has 0 heterocycles. The van der Waals surface area contributed by atoms with E-state index in [-0.39, 0.29) is 11.6 Å². The molecule has 0 aliphatic rings. The highest BCUT2D eigenvalue weighted by atomic mass is 16.5. The molecule has 0 spiro atoms. The van der Waals surface area contributed by atoms with Crippen LogP contribution in [0.25, 0.3) is 0 Å². The number of nitriles is 1. The highest BCUT2D eigenvalue weighted by Gasteiger charge is 2.11. The molecule has 0 aliphatic heterocycles. The zero-order valence-electron chi connectivity index (χ0n) is 14.4. The molecule has 130 valence electrons. The van der Waals surface area contributed by atoms with Crippen molar-refractivity contribution in [3.8, 4) is 17.6 Å². The maximum atomic E-state index is 11.8. The van der Waals surface area contributed by atoms with E-state index in [1.165, 1.54) is 6.20 Å². The standard InChI is InChI=1S/C17H23N3O4/c1-12(13-5-6-15(23-3)16(9-13)24-4)20-11-14(10-18)17(21)19-7-8-22-2/h5-6,9,11-12,20H,7-8H2,1-4H3,(H,19,21)/b14-11-. The number of benzene rings is 1. The number of hydrogen-bond donors (Lipinski definition) is 2. The fourth-order valence-corrected chi connectivity index (χ4v) is 1.94. The lowest BCUT2D eigenvalue weighted by Crippen LogP contribution is -2.29. The van der Waals surface area contributed by atoms with Gasteiger partial charge in [0, 0.05) is 25.9 Å². The lowest BCUT2D eigenvalue weighted by molar-refractivity contribution is -0.117. The average molecular weight is 333 g/mol. The van der Waals surface area contributed by atoms with Crippen LogP contribution in [0.1, 0.15) is 18.5 Å². The molecular weight excluding hydrogens is 310 g/mol. The molecule has 0 radical (unpaired) electrons. The Balaban J connectivity index is 2.76. The monoisotopic (exact) mass is 333 g/mol. The summed E-state index contributed by atoms with van der Waals surface area (Å²) in [6.07, 6.45) is 1.41. The second-order valence-electron chi connectivity index (χ2n) is 4.92. The Morgan fingerprint density at radius 1 is 1.29 bits per heavy atom. The zero-order valence-corrected chi connectivity index (χ0v) is 14.4. The summed E-state index contributed by atoms with van der Waals surface area (Å²) in [5.74, 6) is 0.811. The largest absolute Gasteiger partial charge is 0.493 e. The van der Waals surface area contributed by atoms with E-state index in [0.717, 1.165) is 5.56 Å². The lowest BCUT2D eigenvalue weighted by atomic mass is 10.1. The SMILES string of the molecule is COCCNC(=O)/C(C#N)=C\NC(C)c1ccc(OC)c(OC)c1. The fraction of sp³-hybridized carbons (Fsp3) is 0.412. The first-order chi connectivity index (χ1) is 11.6. The van der Waals surface area contributed by atoms with Crippen LogP contribution in [0.3, 0.4) is 0 Å². The van der Waals surface area contributed by atoms with Gasteiger partial charge in [-0.15, -0.1) is 0 Å². The number of ether oxygens (including phenoxy) is 3. The van der Waals surface area contributed by atoms with Gasteiger partial charge in [-0.1, -0.05) is 6.07 Å². The fourth-order valence-electron chi connectivity index (χ4n) is 1.94. The van der Waals surface area contributed by atoms with Crippen LogP contribution in [0.2, 0.25) is 0 Å². The molecule has 0 bridgehead atoms. The van der Waals surface area contributed by atoms with Crippen LogP contribution >= 0.6 is 0 Å². The van der Waals surface area contributed by atoms with Crippen LogP contribution in [0, 0.1) is 11.3 Å². The highest BCUT2D eigenvalue weighted by molar-refractivity contribution is 5.97. The minimum absolute atomic E-state index is 0.00145. The van der Waals surface area contributed by atoms with E-state index in [4.69, 9.17) is 19.5 Å². The van der Waals surface area contributed by atoms with Crippen molar-refractivity contribution < 1.29 is 19.0 Å². The number of nitrogens with one attached hydrogen (secondary N) is 2. The van der Waals surface area contributed by atoms with E-state index in [1.807, 2.05) is 25.1 Å². The third kappa shape index (κ3) is 5.48. The molecule has 0 aromatic heterocycles. The Morgan fingerprint density at radius 3 is 2.58 bits per heavy atom. The van der Waals surface area contributed by atoms with Crippen LogP contribution in [0.4, 0.5) is 0 Å². The molecule has 0 saturated carbocycles. The Morgan fingerprint density at radius 2 is 2.00 bits per heavy atom. The number of carbonyl (C=O) groups is 1. The summed E-state index contributed by atoms with van der Waals surface area (Å²) in [5, 5.41) is 14.7. The predicted octanol–water partition coefficient (Wildman–Crippen LogP) is 1.52. The quantitative estimate of drug-likeness (QED) is 0.404. The maximum Gasteiger partial charge on any atom is 0.263 e. The highest BCUT2D eigenvalue weighted by Crippen LogP contribution is 2.29. The predicted molar refractivity (Wildman–Crippen MR) is 89.7 cm³/mol. The summed E-state index contributed by atoms with van der Waals surface area (Å²) in [4.78, 5) is 11.8. The number of hydrogen-bond acceptors (Lipinski definition) is 6. The van der Waals surface area contributed by atoms with Gasteiger partial charge in [-0.25, -0.2) is 0 Å². The third-order valence-corrected chi connectivity index (χ3v) is 3.34. The number of rotatable bonds is 9. The lowest BCUT2D eigenvalue weighted by Gasteiger charge is -2.15. The van der Waals surface area contributed by atoms with E-state index in [0.29, 0.717) is 24.7 Å². The van der Waals surface area contributed by atoms with E-state index >= 15 is 0 Å². The Bertz CT molecular complexity index is 623. The molecule has 0 aliphatic carbocycles. The molecule has 0 saturated heterocycles. The van der Waals surface area contributed by atoms with Crippen LogP contribution in [0.5, 0.6) is 11.5 Å². The summed E-state index contributed by atoms with van der Waals surface area (Å²) in [5.41, 5.74) is 0.930. The molecule has 24 heavy (non-hydrogen) atoms. The van der Waals surface area contributed by atoms with Gasteiger partial charge in [-0.2, -0.15) is 5.26 Å². The topological polar surface area (TPSA) is 92.6 Å². The van der Waals surface area contributed by atoms with Crippen molar-refractivity contribution in [2.75, 3.05) is 34.5 Å². The molecule has 7 nitrogen and oxygen atoms in total. The van der Waals surface area contributed by atoms with Gasteiger partial charge in [-0.05, 0) is 24.6 Å². The first kappa shape index (κ1) is 19.3. The van der Waals surface area contributed by atoms with Gasteiger partial charge in [0.15, 0.2) is 11.5 Å². The first-order valence-electron chi connectivity index (χ1n) is 7.42. The van der Waals surface area contributed by atoms with Gasteiger partial charge in [0.05, 0.1) is 20.8 Å². The molecule has 1 unspecified atom stereocenters. The molecule has 7 heteroatoms. The van der Waals surface area contributed by atoms with Gasteiger partial charge < -0.3 is 24.8 Å². The smallest absolute Gasteiger partial charge is 0.263 e. The van der Waals surface area contributed by atoms with Gasteiger partial charge in [0.1, 0.15) is 11.6 Å². The summed E-state index contributed by atoms with van der Waals surface area (Å²) in [6.45, 7) is 2.65. The van der Waals surface area contributed by atoms with Gasteiger partial charge in [0.2, 0.25) is 0 Å². The van der Waals surface area contributed by atoms with Crippen molar-refractivity contribution in [3.05, 3.63) is 35.5 Å². The average Bonchev–Trinajstić information content (AvgIpc) is 2.61. The Hall–Kier alpha value is -2.72. The van der Waals surface area contributed by atoms with Crippen molar-refractivity contribution in [2.45, 2.75) is 13.0 Å². The van der Waals surface area contributed by atoms with Crippen molar-refractivity contribution in [1.82, 2.24) is 10.6 Å². The number of carbonyl (C=O) groups excluding carboxylic acids is 1. The number of nitrogens with zero attached hydrogens (tertiary/aromatic N) is 1. The second-order valence-corrected chi connectivity index (χ2v) is 4.92. The second kappa shape index (κ2) is 10.1. The van der Waals surface area contributed by atoms with Crippen molar-refractivity contribution in [1.29, 1.82) is 5.26 Å². The zero-order chi connectivity index (χ0) is 17.9.